The number of para-hydroxylation sites is 1. The summed E-state index contributed by atoms with van der Waals surface area (Å²) in [5.74, 6) is 0.593. The number of aromatic nitrogens is 4. The molecule has 0 aliphatic carbocycles. The van der Waals surface area contributed by atoms with Gasteiger partial charge in [0.25, 0.3) is 0 Å². The highest BCUT2D eigenvalue weighted by Crippen LogP contribution is 2.28. The van der Waals surface area contributed by atoms with Crippen LogP contribution in [-0.2, 0) is 11.3 Å². The molecule has 0 saturated carbocycles. The Hall–Kier alpha value is -2.70. The van der Waals surface area contributed by atoms with E-state index in [9.17, 15) is 4.79 Å². The lowest BCUT2D eigenvalue weighted by molar-refractivity contribution is -0.122. The summed E-state index contributed by atoms with van der Waals surface area (Å²) in [7, 11) is 0. The number of nitrogens with zero attached hydrogens (tertiary/aromatic N) is 4. The smallest absolute Gasteiger partial charge is 0.242 e. The summed E-state index contributed by atoms with van der Waals surface area (Å²) in [6.07, 6.45) is 1.40. The number of furan rings is 1. The van der Waals surface area contributed by atoms with Crippen LogP contribution in [-0.4, -0.2) is 26.1 Å². The maximum absolute atomic E-state index is 12.0. The van der Waals surface area contributed by atoms with Crippen LogP contribution < -0.4 is 5.32 Å². The Balaban J connectivity index is 1.76. The van der Waals surface area contributed by atoms with Crippen LogP contribution in [0.2, 0.25) is 0 Å². The Morgan fingerprint density at radius 1 is 1.43 bits per heavy atom. The topological polar surface area (TPSA) is 85.8 Å². The van der Waals surface area contributed by atoms with Crippen LogP contribution >= 0.6 is 0 Å². The molecule has 0 spiro atoms. The lowest BCUT2D eigenvalue weighted by atomic mass is 10.1. The first-order chi connectivity index (χ1) is 10.1. The van der Waals surface area contributed by atoms with E-state index in [0.29, 0.717) is 0 Å². The highest BCUT2D eigenvalue weighted by molar-refractivity contribution is 5.82. The van der Waals surface area contributed by atoms with Gasteiger partial charge in [-0.05, 0) is 30.3 Å². The summed E-state index contributed by atoms with van der Waals surface area (Å²) in [5, 5.41) is 14.6. The van der Waals surface area contributed by atoms with Crippen molar-refractivity contribution in [1.29, 1.82) is 0 Å². The van der Waals surface area contributed by atoms with Gasteiger partial charge in [0, 0.05) is 10.9 Å². The molecule has 0 aliphatic rings. The van der Waals surface area contributed by atoms with Crippen molar-refractivity contribution in [2.45, 2.75) is 26.4 Å². The van der Waals surface area contributed by atoms with Crippen molar-refractivity contribution in [2.75, 3.05) is 0 Å². The summed E-state index contributed by atoms with van der Waals surface area (Å²) in [6, 6.07) is 7.60. The normalized spacial score (nSPS) is 12.5. The van der Waals surface area contributed by atoms with Crippen LogP contribution in [0.5, 0.6) is 0 Å². The predicted molar refractivity (Wildman–Crippen MR) is 75.3 cm³/mol. The Morgan fingerprint density at radius 2 is 2.24 bits per heavy atom. The molecule has 1 N–H and O–H groups in total. The van der Waals surface area contributed by atoms with Gasteiger partial charge in [-0.15, -0.1) is 5.10 Å². The van der Waals surface area contributed by atoms with Gasteiger partial charge in [-0.2, -0.15) is 0 Å². The fraction of sp³-hybridized carbons (Fsp3) is 0.286. The highest BCUT2D eigenvalue weighted by Gasteiger charge is 2.18. The van der Waals surface area contributed by atoms with E-state index in [-0.39, 0.29) is 18.5 Å². The molecule has 3 rings (SSSR count). The average Bonchev–Trinajstić information content (AvgIpc) is 3.07. The first-order valence-electron chi connectivity index (χ1n) is 6.63. The van der Waals surface area contributed by atoms with E-state index in [2.05, 4.69) is 20.8 Å². The molecule has 1 atom stereocenters. The third kappa shape index (κ3) is 2.62. The molecule has 0 radical (unpaired) electrons. The summed E-state index contributed by atoms with van der Waals surface area (Å²) >= 11 is 0. The molecule has 7 nitrogen and oxygen atoms in total. The predicted octanol–water partition coefficient (Wildman–Crippen LogP) is 1.61. The minimum Gasteiger partial charge on any atom is -0.459 e. The molecular weight excluding hydrogens is 270 g/mol. The number of fused-ring (bicyclic) bond motifs is 1. The number of carbonyl (C=O) groups is 1. The number of nitrogens with one attached hydrogen (secondary N) is 1. The standard InChI is InChI=1S/C14H15N5O2/c1-9-11-5-3-4-6-12(11)21-14(9)10(2)16-13(20)7-19-8-15-17-18-19/h3-6,8,10H,7H2,1-2H3,(H,16,20). The van der Waals surface area contributed by atoms with Gasteiger partial charge in [0.2, 0.25) is 5.91 Å². The van der Waals surface area contributed by atoms with Crippen molar-refractivity contribution < 1.29 is 9.21 Å². The van der Waals surface area contributed by atoms with Crippen LogP contribution in [0.15, 0.2) is 35.0 Å². The van der Waals surface area contributed by atoms with E-state index in [1.807, 2.05) is 38.1 Å². The van der Waals surface area contributed by atoms with Crippen molar-refractivity contribution in [2.24, 2.45) is 0 Å². The molecule has 108 valence electrons. The SMILES string of the molecule is Cc1c(C(C)NC(=O)Cn2cnnn2)oc2ccccc12. The second kappa shape index (κ2) is 5.35. The van der Waals surface area contributed by atoms with E-state index in [4.69, 9.17) is 4.42 Å². The van der Waals surface area contributed by atoms with Gasteiger partial charge < -0.3 is 9.73 Å². The van der Waals surface area contributed by atoms with Gasteiger partial charge >= 0.3 is 0 Å². The van der Waals surface area contributed by atoms with Crippen molar-refractivity contribution >= 4 is 16.9 Å². The zero-order chi connectivity index (χ0) is 14.8. The van der Waals surface area contributed by atoms with E-state index >= 15 is 0 Å². The molecule has 1 amide bonds. The molecule has 21 heavy (non-hydrogen) atoms. The summed E-state index contributed by atoms with van der Waals surface area (Å²) in [5.41, 5.74) is 1.87. The van der Waals surface area contributed by atoms with Gasteiger partial charge in [0.05, 0.1) is 6.04 Å². The van der Waals surface area contributed by atoms with Crippen LogP contribution in [0.25, 0.3) is 11.0 Å². The number of hydrogen-bond acceptors (Lipinski definition) is 5. The van der Waals surface area contributed by atoms with E-state index in [1.54, 1.807) is 0 Å². The molecule has 7 heteroatoms. The van der Waals surface area contributed by atoms with Crippen LogP contribution in [0, 0.1) is 6.92 Å². The first-order valence-corrected chi connectivity index (χ1v) is 6.63. The van der Waals surface area contributed by atoms with Gasteiger partial charge in [0.15, 0.2) is 0 Å². The molecule has 0 fully saturated rings. The first kappa shape index (κ1) is 13.3. The molecule has 1 unspecified atom stereocenters. The maximum atomic E-state index is 12.0. The minimum absolute atomic E-state index is 0.0800. The largest absolute Gasteiger partial charge is 0.459 e. The Labute approximate surface area is 120 Å². The van der Waals surface area contributed by atoms with Crippen molar-refractivity contribution in [3.63, 3.8) is 0 Å². The molecule has 3 aromatic rings. The lowest BCUT2D eigenvalue weighted by Gasteiger charge is -2.12. The van der Waals surface area contributed by atoms with Crippen LogP contribution in [0.1, 0.15) is 24.3 Å². The zero-order valence-electron chi connectivity index (χ0n) is 11.8. The fourth-order valence-corrected chi connectivity index (χ4v) is 2.36. The zero-order valence-corrected chi connectivity index (χ0v) is 11.8. The Bertz CT molecular complexity index is 763. The van der Waals surface area contributed by atoms with Crippen molar-refractivity contribution in [3.8, 4) is 0 Å². The number of carbonyl (C=O) groups excluding carboxylic acids is 1. The van der Waals surface area contributed by atoms with E-state index in [1.165, 1.54) is 11.0 Å². The Morgan fingerprint density at radius 3 is 2.95 bits per heavy atom. The summed E-state index contributed by atoms with van der Waals surface area (Å²) in [4.78, 5) is 12.0. The van der Waals surface area contributed by atoms with E-state index < -0.39 is 0 Å². The summed E-state index contributed by atoms with van der Waals surface area (Å²) in [6.45, 7) is 3.96. The number of hydrogen-bond donors (Lipinski definition) is 1. The van der Waals surface area contributed by atoms with Gasteiger partial charge in [0.1, 0.15) is 24.2 Å². The molecule has 0 saturated heterocycles. The molecule has 1 aromatic carbocycles. The molecular formula is C14H15N5O2. The number of amides is 1. The molecule has 2 aromatic heterocycles. The van der Waals surface area contributed by atoms with Crippen LogP contribution in [0.4, 0.5) is 0 Å². The number of rotatable bonds is 4. The quantitative estimate of drug-likeness (QED) is 0.787. The second-order valence-corrected chi connectivity index (χ2v) is 4.88. The number of aryl methyl sites for hydroxylation is 1. The third-order valence-electron chi connectivity index (χ3n) is 3.35. The van der Waals surface area contributed by atoms with Gasteiger partial charge in [-0.3, -0.25) is 4.79 Å². The fourth-order valence-electron chi connectivity index (χ4n) is 2.36. The monoisotopic (exact) mass is 285 g/mol. The van der Waals surface area contributed by atoms with Gasteiger partial charge in [-0.1, -0.05) is 18.2 Å². The lowest BCUT2D eigenvalue weighted by Crippen LogP contribution is -2.30. The van der Waals surface area contributed by atoms with E-state index in [0.717, 1.165) is 22.3 Å². The molecule has 0 bridgehead atoms. The second-order valence-electron chi connectivity index (χ2n) is 4.88. The molecule has 0 aliphatic heterocycles. The van der Waals surface area contributed by atoms with Crippen molar-refractivity contribution in [1.82, 2.24) is 25.5 Å². The van der Waals surface area contributed by atoms with Crippen molar-refractivity contribution in [3.05, 3.63) is 41.9 Å². The Kier molecular flexibility index (Phi) is 3.39. The minimum atomic E-state index is -0.221. The molecule has 2 heterocycles. The van der Waals surface area contributed by atoms with Gasteiger partial charge in [-0.25, -0.2) is 4.68 Å². The third-order valence-corrected chi connectivity index (χ3v) is 3.35. The number of benzene rings is 1. The average molecular weight is 285 g/mol. The summed E-state index contributed by atoms with van der Waals surface area (Å²) < 4.78 is 7.20. The highest BCUT2D eigenvalue weighted by atomic mass is 16.3. The van der Waals surface area contributed by atoms with Crippen LogP contribution in [0.3, 0.4) is 0 Å². The maximum Gasteiger partial charge on any atom is 0.242 e. The number of tetrazole rings is 1.